The number of para-hydroxylation sites is 1. The molecule has 1 rings (SSSR count). The van der Waals surface area contributed by atoms with Crippen molar-refractivity contribution in [1.29, 1.82) is 0 Å². The molecule has 5 nitrogen and oxygen atoms in total. The van der Waals surface area contributed by atoms with Gasteiger partial charge in [0.05, 0.1) is 17.8 Å². The van der Waals surface area contributed by atoms with Crippen molar-refractivity contribution in [3.8, 4) is 0 Å². The van der Waals surface area contributed by atoms with Gasteiger partial charge in [0.15, 0.2) is 0 Å². The zero-order chi connectivity index (χ0) is 14.8. The van der Waals surface area contributed by atoms with Gasteiger partial charge in [0, 0.05) is 6.54 Å². The third-order valence-electron chi connectivity index (χ3n) is 2.69. The van der Waals surface area contributed by atoms with E-state index in [0.29, 0.717) is 17.8 Å². The van der Waals surface area contributed by atoms with Gasteiger partial charge in [-0.05, 0) is 31.5 Å². The predicted octanol–water partition coefficient (Wildman–Crippen LogP) is 1.76. The predicted molar refractivity (Wildman–Crippen MR) is 80.9 cm³/mol. The van der Waals surface area contributed by atoms with E-state index in [4.69, 9.17) is 0 Å². The summed E-state index contributed by atoms with van der Waals surface area (Å²) in [5.41, 5.74) is 1.04. The highest BCUT2D eigenvalue weighted by Crippen LogP contribution is 2.14. The van der Waals surface area contributed by atoms with Crippen LogP contribution in [0.1, 0.15) is 37.0 Å². The summed E-state index contributed by atoms with van der Waals surface area (Å²) < 4.78 is 0. The van der Waals surface area contributed by atoms with Crippen molar-refractivity contribution in [3.63, 3.8) is 0 Å². The maximum Gasteiger partial charge on any atom is 0.253 e. The highest BCUT2D eigenvalue weighted by molar-refractivity contribution is 6.04. The average molecular weight is 277 g/mol. The molecule has 0 fully saturated rings. The number of carbonyl (C=O) groups excluding carboxylic acids is 2. The number of hydrogen-bond donors (Lipinski definition) is 3. The Morgan fingerprint density at radius 1 is 1.05 bits per heavy atom. The minimum Gasteiger partial charge on any atom is -0.352 e. The lowest BCUT2D eigenvalue weighted by Crippen LogP contribution is -2.30. The molecule has 0 heterocycles. The van der Waals surface area contributed by atoms with E-state index in [0.717, 1.165) is 19.4 Å². The van der Waals surface area contributed by atoms with Gasteiger partial charge in [-0.1, -0.05) is 26.0 Å². The van der Waals surface area contributed by atoms with Crippen LogP contribution in [0.25, 0.3) is 0 Å². The van der Waals surface area contributed by atoms with E-state index in [2.05, 4.69) is 16.0 Å². The van der Waals surface area contributed by atoms with Gasteiger partial charge in [0.1, 0.15) is 0 Å². The molecule has 0 radical (unpaired) electrons. The number of carbonyl (C=O) groups is 2. The Bertz CT molecular complexity index is 446. The Kier molecular flexibility index (Phi) is 7.35. The quantitative estimate of drug-likeness (QED) is 0.634. The van der Waals surface area contributed by atoms with Crippen LogP contribution in [0.5, 0.6) is 0 Å². The molecule has 3 N–H and O–H groups in total. The van der Waals surface area contributed by atoms with Crippen LogP contribution in [0.2, 0.25) is 0 Å². The number of rotatable bonds is 8. The van der Waals surface area contributed by atoms with Crippen LogP contribution in [0, 0.1) is 0 Å². The molecule has 5 heteroatoms. The van der Waals surface area contributed by atoms with E-state index in [1.54, 1.807) is 24.3 Å². The molecule has 0 bridgehead atoms. The maximum absolute atomic E-state index is 12.0. The molecule has 0 saturated carbocycles. The highest BCUT2D eigenvalue weighted by Gasteiger charge is 2.12. The van der Waals surface area contributed by atoms with E-state index in [1.807, 2.05) is 13.8 Å². The van der Waals surface area contributed by atoms with Crippen LogP contribution < -0.4 is 16.0 Å². The van der Waals surface area contributed by atoms with E-state index in [1.165, 1.54) is 0 Å². The lowest BCUT2D eigenvalue weighted by Gasteiger charge is -2.11. The number of nitrogens with one attached hydrogen (secondary N) is 3. The third-order valence-corrected chi connectivity index (χ3v) is 2.69. The number of amides is 2. The summed E-state index contributed by atoms with van der Waals surface area (Å²) in [6.45, 7) is 5.70. The molecule has 0 atom stereocenters. The molecule has 0 aliphatic heterocycles. The Morgan fingerprint density at radius 2 is 1.75 bits per heavy atom. The van der Waals surface area contributed by atoms with Gasteiger partial charge in [-0.15, -0.1) is 0 Å². The van der Waals surface area contributed by atoms with Crippen molar-refractivity contribution in [2.75, 3.05) is 25.0 Å². The first kappa shape index (κ1) is 16.2. The standard InChI is InChI=1S/C15H23N3O2/c1-3-9-16-11-14(19)18-13-8-6-5-7-12(13)15(20)17-10-4-2/h5-8,16H,3-4,9-11H2,1-2H3,(H,17,20)(H,18,19). The molecule has 0 saturated heterocycles. The fourth-order valence-corrected chi connectivity index (χ4v) is 1.70. The van der Waals surface area contributed by atoms with E-state index < -0.39 is 0 Å². The average Bonchev–Trinajstić information content (AvgIpc) is 2.45. The van der Waals surface area contributed by atoms with E-state index in [9.17, 15) is 9.59 Å². The van der Waals surface area contributed by atoms with Crippen LogP contribution in [-0.4, -0.2) is 31.4 Å². The minimum atomic E-state index is -0.163. The summed E-state index contributed by atoms with van der Waals surface area (Å²) in [5.74, 6) is -0.307. The van der Waals surface area contributed by atoms with Crippen LogP contribution >= 0.6 is 0 Å². The second-order valence-corrected chi connectivity index (χ2v) is 4.53. The summed E-state index contributed by atoms with van der Waals surface area (Å²) in [6, 6.07) is 7.02. The molecule has 1 aromatic rings. The molecule has 0 aromatic heterocycles. The van der Waals surface area contributed by atoms with Crippen molar-refractivity contribution >= 4 is 17.5 Å². The van der Waals surface area contributed by atoms with E-state index in [-0.39, 0.29) is 18.4 Å². The van der Waals surface area contributed by atoms with Gasteiger partial charge in [-0.3, -0.25) is 9.59 Å². The lowest BCUT2D eigenvalue weighted by molar-refractivity contribution is -0.115. The van der Waals surface area contributed by atoms with Gasteiger partial charge in [-0.25, -0.2) is 0 Å². The molecule has 110 valence electrons. The fourth-order valence-electron chi connectivity index (χ4n) is 1.70. The Morgan fingerprint density at radius 3 is 2.45 bits per heavy atom. The van der Waals surface area contributed by atoms with Crippen LogP contribution in [0.15, 0.2) is 24.3 Å². The molecule has 0 aliphatic carbocycles. The smallest absolute Gasteiger partial charge is 0.253 e. The molecule has 0 unspecified atom stereocenters. The minimum absolute atomic E-state index is 0.144. The molecular formula is C15H23N3O2. The zero-order valence-corrected chi connectivity index (χ0v) is 12.2. The largest absolute Gasteiger partial charge is 0.352 e. The first-order chi connectivity index (χ1) is 9.69. The van der Waals surface area contributed by atoms with Crippen molar-refractivity contribution in [3.05, 3.63) is 29.8 Å². The summed E-state index contributed by atoms with van der Waals surface area (Å²) in [4.78, 5) is 23.8. The Balaban J connectivity index is 2.65. The number of anilines is 1. The topological polar surface area (TPSA) is 70.2 Å². The second kappa shape index (κ2) is 9.09. The molecular weight excluding hydrogens is 254 g/mol. The SMILES string of the molecule is CCCNCC(=O)Nc1ccccc1C(=O)NCCC. The first-order valence-electron chi connectivity index (χ1n) is 7.06. The van der Waals surface area contributed by atoms with Gasteiger partial charge < -0.3 is 16.0 Å². The highest BCUT2D eigenvalue weighted by atomic mass is 16.2. The third kappa shape index (κ3) is 5.40. The van der Waals surface area contributed by atoms with Crippen LogP contribution in [-0.2, 0) is 4.79 Å². The Labute approximate surface area is 120 Å². The fraction of sp³-hybridized carbons (Fsp3) is 0.467. The summed E-state index contributed by atoms with van der Waals surface area (Å²) in [5, 5.41) is 8.60. The van der Waals surface area contributed by atoms with Gasteiger partial charge in [0.25, 0.3) is 5.91 Å². The lowest BCUT2D eigenvalue weighted by atomic mass is 10.1. The van der Waals surface area contributed by atoms with Gasteiger partial charge in [0.2, 0.25) is 5.91 Å². The molecule has 0 spiro atoms. The number of hydrogen-bond acceptors (Lipinski definition) is 3. The molecule has 2 amide bonds. The van der Waals surface area contributed by atoms with Crippen LogP contribution in [0.3, 0.4) is 0 Å². The summed E-state index contributed by atoms with van der Waals surface area (Å²) in [7, 11) is 0. The summed E-state index contributed by atoms with van der Waals surface area (Å²) in [6.07, 6.45) is 1.85. The summed E-state index contributed by atoms with van der Waals surface area (Å²) >= 11 is 0. The van der Waals surface area contributed by atoms with Gasteiger partial charge in [-0.2, -0.15) is 0 Å². The second-order valence-electron chi connectivity index (χ2n) is 4.53. The first-order valence-corrected chi connectivity index (χ1v) is 7.06. The monoisotopic (exact) mass is 277 g/mol. The van der Waals surface area contributed by atoms with Crippen molar-refractivity contribution in [2.45, 2.75) is 26.7 Å². The number of benzene rings is 1. The molecule has 1 aromatic carbocycles. The van der Waals surface area contributed by atoms with Gasteiger partial charge >= 0.3 is 0 Å². The zero-order valence-electron chi connectivity index (χ0n) is 12.2. The molecule has 0 aliphatic rings. The normalized spacial score (nSPS) is 10.1. The van der Waals surface area contributed by atoms with Crippen molar-refractivity contribution in [1.82, 2.24) is 10.6 Å². The van der Waals surface area contributed by atoms with E-state index >= 15 is 0 Å². The van der Waals surface area contributed by atoms with Crippen molar-refractivity contribution in [2.24, 2.45) is 0 Å². The molecule has 20 heavy (non-hydrogen) atoms. The Hall–Kier alpha value is -1.88. The maximum atomic E-state index is 12.0. The van der Waals surface area contributed by atoms with Crippen LogP contribution in [0.4, 0.5) is 5.69 Å². The van der Waals surface area contributed by atoms with Crippen molar-refractivity contribution < 1.29 is 9.59 Å².